The van der Waals surface area contributed by atoms with Crippen LogP contribution in [-0.4, -0.2) is 42.8 Å². The predicted molar refractivity (Wildman–Crippen MR) is 99.9 cm³/mol. The molecule has 1 aromatic carbocycles. The van der Waals surface area contributed by atoms with Crippen molar-refractivity contribution in [2.45, 2.75) is 52.1 Å². The van der Waals surface area contributed by atoms with Gasteiger partial charge >= 0.3 is 6.09 Å². The van der Waals surface area contributed by atoms with Gasteiger partial charge < -0.3 is 20.1 Å². The Kier molecular flexibility index (Phi) is 6.71. The van der Waals surface area contributed by atoms with Gasteiger partial charge in [-0.15, -0.1) is 0 Å². The molecule has 0 aromatic heterocycles. The predicted octanol–water partition coefficient (Wildman–Crippen LogP) is 3.77. The van der Waals surface area contributed by atoms with E-state index in [-0.39, 0.29) is 12.0 Å². The summed E-state index contributed by atoms with van der Waals surface area (Å²) in [5, 5.41) is 0. The van der Waals surface area contributed by atoms with Gasteiger partial charge in [-0.25, -0.2) is 4.79 Å². The maximum absolute atomic E-state index is 12.4. The van der Waals surface area contributed by atoms with Crippen LogP contribution >= 0.6 is 0 Å². The Labute approximate surface area is 151 Å². The van der Waals surface area contributed by atoms with Crippen molar-refractivity contribution in [3.8, 4) is 5.75 Å². The maximum Gasteiger partial charge on any atom is 0.410 e. The van der Waals surface area contributed by atoms with E-state index in [0.717, 1.165) is 25.1 Å². The second kappa shape index (κ2) is 8.56. The first-order chi connectivity index (χ1) is 11.8. The molecule has 25 heavy (non-hydrogen) atoms. The number of rotatable bonds is 5. The Morgan fingerprint density at radius 3 is 2.80 bits per heavy atom. The van der Waals surface area contributed by atoms with Crippen LogP contribution in [-0.2, 0) is 4.74 Å². The third kappa shape index (κ3) is 5.63. The van der Waals surface area contributed by atoms with Crippen LogP contribution in [0, 0.1) is 5.92 Å². The Morgan fingerprint density at radius 1 is 1.40 bits per heavy atom. The smallest absolute Gasteiger partial charge is 0.410 e. The van der Waals surface area contributed by atoms with Crippen LogP contribution in [0.1, 0.15) is 52.0 Å². The summed E-state index contributed by atoms with van der Waals surface area (Å²) in [6.45, 7) is 10.3. The molecule has 5 nitrogen and oxygen atoms in total. The third-order valence-electron chi connectivity index (χ3n) is 4.53. The highest BCUT2D eigenvalue weighted by molar-refractivity contribution is 5.68. The van der Waals surface area contributed by atoms with Gasteiger partial charge in [0.15, 0.2) is 0 Å². The summed E-state index contributed by atoms with van der Waals surface area (Å²) in [5.74, 6) is 1.42. The van der Waals surface area contributed by atoms with Crippen molar-refractivity contribution in [2.75, 3.05) is 26.2 Å². The molecule has 5 heteroatoms. The molecular formula is C20H32N2O3. The van der Waals surface area contributed by atoms with Crippen LogP contribution in [0.2, 0.25) is 0 Å². The molecule has 2 atom stereocenters. The molecule has 1 amide bonds. The van der Waals surface area contributed by atoms with Crippen molar-refractivity contribution in [2.24, 2.45) is 11.7 Å². The molecule has 1 saturated heterocycles. The van der Waals surface area contributed by atoms with E-state index in [2.05, 4.69) is 12.1 Å². The molecule has 1 aliphatic rings. The molecule has 1 heterocycles. The summed E-state index contributed by atoms with van der Waals surface area (Å²) in [4.78, 5) is 14.2. The zero-order valence-corrected chi connectivity index (χ0v) is 16.0. The SMILES string of the molecule is CCOc1cccc(C(CN)C2CCCN(C(=O)OC(C)(C)C)C2)c1. The lowest BCUT2D eigenvalue weighted by Gasteiger charge is -2.37. The lowest BCUT2D eigenvalue weighted by atomic mass is 9.81. The van der Waals surface area contributed by atoms with E-state index in [9.17, 15) is 4.79 Å². The standard InChI is InChI=1S/C20H32N2O3/c1-5-24-17-10-6-8-15(12-17)18(13-21)16-9-7-11-22(14-16)19(23)25-20(2,3)4/h6,8,10,12,16,18H,5,7,9,11,13-14,21H2,1-4H3. The number of hydrogen-bond acceptors (Lipinski definition) is 4. The van der Waals surface area contributed by atoms with Crippen LogP contribution in [0.3, 0.4) is 0 Å². The number of nitrogens with zero attached hydrogens (tertiary/aromatic N) is 1. The highest BCUT2D eigenvalue weighted by Gasteiger charge is 2.32. The van der Waals surface area contributed by atoms with Gasteiger partial charge in [-0.05, 0) is 70.7 Å². The van der Waals surface area contributed by atoms with E-state index >= 15 is 0 Å². The average molecular weight is 348 g/mol. The van der Waals surface area contributed by atoms with Crippen molar-refractivity contribution in [3.63, 3.8) is 0 Å². The van der Waals surface area contributed by atoms with Gasteiger partial charge in [-0.3, -0.25) is 0 Å². The van der Waals surface area contributed by atoms with Crippen molar-refractivity contribution in [3.05, 3.63) is 29.8 Å². The number of benzene rings is 1. The lowest BCUT2D eigenvalue weighted by Crippen LogP contribution is -2.44. The minimum atomic E-state index is -0.469. The fraction of sp³-hybridized carbons (Fsp3) is 0.650. The minimum absolute atomic E-state index is 0.214. The van der Waals surface area contributed by atoms with Gasteiger partial charge in [0.2, 0.25) is 0 Å². The molecule has 0 spiro atoms. The molecule has 0 radical (unpaired) electrons. The summed E-state index contributed by atoms with van der Waals surface area (Å²) < 4.78 is 11.1. The van der Waals surface area contributed by atoms with Crippen LogP contribution < -0.4 is 10.5 Å². The molecule has 0 aliphatic carbocycles. The van der Waals surface area contributed by atoms with E-state index < -0.39 is 5.60 Å². The molecule has 2 rings (SSSR count). The average Bonchev–Trinajstić information content (AvgIpc) is 2.55. The van der Waals surface area contributed by atoms with Crippen molar-refractivity contribution in [1.82, 2.24) is 4.90 Å². The first-order valence-electron chi connectivity index (χ1n) is 9.24. The Balaban J connectivity index is 2.09. The second-order valence-electron chi connectivity index (χ2n) is 7.68. The molecule has 1 aromatic rings. The third-order valence-corrected chi connectivity index (χ3v) is 4.53. The molecular weight excluding hydrogens is 316 g/mol. The number of nitrogens with two attached hydrogens (primary N) is 1. The number of carbonyl (C=O) groups excluding carboxylic acids is 1. The van der Waals surface area contributed by atoms with Crippen LogP contribution in [0.5, 0.6) is 5.75 Å². The van der Waals surface area contributed by atoms with E-state index in [4.69, 9.17) is 15.2 Å². The first-order valence-corrected chi connectivity index (χ1v) is 9.24. The van der Waals surface area contributed by atoms with E-state index in [1.807, 2.05) is 44.7 Å². The summed E-state index contributed by atoms with van der Waals surface area (Å²) >= 11 is 0. The molecule has 2 N–H and O–H groups in total. The number of hydrogen-bond donors (Lipinski definition) is 1. The van der Waals surface area contributed by atoms with Gasteiger partial charge in [0, 0.05) is 19.0 Å². The van der Waals surface area contributed by atoms with Crippen molar-refractivity contribution >= 4 is 6.09 Å². The van der Waals surface area contributed by atoms with Gasteiger partial charge in [0.25, 0.3) is 0 Å². The molecule has 2 unspecified atom stereocenters. The van der Waals surface area contributed by atoms with Gasteiger partial charge in [-0.1, -0.05) is 12.1 Å². The Hall–Kier alpha value is -1.75. The zero-order valence-electron chi connectivity index (χ0n) is 16.0. The quantitative estimate of drug-likeness (QED) is 0.879. The highest BCUT2D eigenvalue weighted by Crippen LogP contribution is 2.33. The van der Waals surface area contributed by atoms with E-state index in [1.54, 1.807) is 0 Å². The fourth-order valence-electron chi connectivity index (χ4n) is 3.43. The van der Waals surface area contributed by atoms with Crippen molar-refractivity contribution in [1.29, 1.82) is 0 Å². The molecule has 1 fully saturated rings. The maximum atomic E-state index is 12.4. The number of ether oxygens (including phenoxy) is 2. The fourth-order valence-corrected chi connectivity index (χ4v) is 3.43. The highest BCUT2D eigenvalue weighted by atomic mass is 16.6. The summed E-state index contributed by atoms with van der Waals surface area (Å²) in [6, 6.07) is 8.16. The van der Waals surface area contributed by atoms with Crippen molar-refractivity contribution < 1.29 is 14.3 Å². The number of piperidine rings is 1. The molecule has 0 saturated carbocycles. The topological polar surface area (TPSA) is 64.8 Å². The molecule has 1 aliphatic heterocycles. The minimum Gasteiger partial charge on any atom is -0.494 e. The van der Waals surface area contributed by atoms with Gasteiger partial charge in [0.05, 0.1) is 6.61 Å². The summed E-state index contributed by atoms with van der Waals surface area (Å²) in [7, 11) is 0. The lowest BCUT2D eigenvalue weighted by molar-refractivity contribution is 0.0152. The Morgan fingerprint density at radius 2 is 2.16 bits per heavy atom. The zero-order chi connectivity index (χ0) is 18.4. The number of carbonyl (C=O) groups is 1. The van der Waals surface area contributed by atoms with Crippen LogP contribution in [0.4, 0.5) is 4.79 Å². The van der Waals surface area contributed by atoms with Crippen LogP contribution in [0.25, 0.3) is 0 Å². The van der Waals surface area contributed by atoms with E-state index in [0.29, 0.717) is 25.6 Å². The number of amides is 1. The largest absolute Gasteiger partial charge is 0.494 e. The monoisotopic (exact) mass is 348 g/mol. The van der Waals surface area contributed by atoms with E-state index in [1.165, 1.54) is 5.56 Å². The normalized spacial score (nSPS) is 19.4. The Bertz CT molecular complexity index is 568. The first kappa shape index (κ1) is 19.6. The summed E-state index contributed by atoms with van der Waals surface area (Å²) in [5.41, 5.74) is 6.82. The molecule has 0 bridgehead atoms. The number of likely N-dealkylation sites (tertiary alicyclic amines) is 1. The van der Waals surface area contributed by atoms with Crippen LogP contribution in [0.15, 0.2) is 24.3 Å². The summed E-state index contributed by atoms with van der Waals surface area (Å²) in [6.07, 6.45) is 1.82. The molecule has 140 valence electrons. The van der Waals surface area contributed by atoms with Gasteiger partial charge in [-0.2, -0.15) is 0 Å². The second-order valence-corrected chi connectivity index (χ2v) is 7.68. The van der Waals surface area contributed by atoms with Gasteiger partial charge in [0.1, 0.15) is 11.4 Å².